The topological polar surface area (TPSA) is 64.9 Å². The molecule has 1 N–H and O–H groups in total. The number of aromatic nitrogens is 4. The Morgan fingerprint density at radius 1 is 1.04 bits per heavy atom. The number of fused-ring (bicyclic) bond motifs is 1. The van der Waals surface area contributed by atoms with E-state index >= 15 is 0 Å². The third-order valence-electron chi connectivity index (χ3n) is 3.87. The first kappa shape index (κ1) is 13.5. The molecule has 2 aromatic carbocycles. The van der Waals surface area contributed by atoms with Crippen molar-refractivity contribution in [3.63, 3.8) is 0 Å². The fraction of sp³-hybridized carbons (Fsp3) is 0.118. The van der Waals surface area contributed by atoms with E-state index in [0.717, 1.165) is 22.6 Å². The highest BCUT2D eigenvalue weighted by atomic mass is 16.5. The Labute approximate surface area is 133 Å². The third-order valence-corrected chi connectivity index (χ3v) is 3.87. The molecule has 0 amide bonds. The zero-order valence-electron chi connectivity index (χ0n) is 12.5. The van der Waals surface area contributed by atoms with Gasteiger partial charge in [-0.3, -0.25) is 0 Å². The van der Waals surface area contributed by atoms with Crippen molar-refractivity contribution in [2.45, 2.75) is 6.04 Å². The Kier molecular flexibility index (Phi) is 3.27. The summed E-state index contributed by atoms with van der Waals surface area (Å²) in [5.74, 6) is 1.46. The fourth-order valence-corrected chi connectivity index (χ4v) is 2.68. The largest absolute Gasteiger partial charge is 0.497 e. The second-order valence-corrected chi connectivity index (χ2v) is 5.24. The molecule has 4 rings (SSSR count). The number of hydrogen-bond donors (Lipinski definition) is 1. The number of nitrogens with one attached hydrogen (secondary N) is 1. The van der Waals surface area contributed by atoms with E-state index in [1.807, 2.05) is 42.5 Å². The lowest BCUT2D eigenvalue weighted by Gasteiger charge is -2.23. The van der Waals surface area contributed by atoms with Gasteiger partial charge in [0.1, 0.15) is 11.8 Å². The summed E-state index contributed by atoms with van der Waals surface area (Å²) >= 11 is 0. The average molecular weight is 305 g/mol. The van der Waals surface area contributed by atoms with E-state index in [2.05, 4.69) is 39.1 Å². The highest BCUT2D eigenvalue weighted by Crippen LogP contribution is 2.32. The van der Waals surface area contributed by atoms with Crippen LogP contribution in [0.15, 0.2) is 60.7 Å². The second-order valence-electron chi connectivity index (χ2n) is 5.24. The minimum atomic E-state index is -0.0673. The summed E-state index contributed by atoms with van der Waals surface area (Å²) in [6.07, 6.45) is 2.13. The molecule has 1 atom stereocenters. The molecule has 3 aromatic rings. The Morgan fingerprint density at radius 2 is 1.83 bits per heavy atom. The van der Waals surface area contributed by atoms with Crippen LogP contribution in [-0.4, -0.2) is 27.3 Å². The Hall–Kier alpha value is -3.15. The van der Waals surface area contributed by atoms with E-state index in [1.165, 1.54) is 0 Å². The molecule has 0 spiro atoms. The van der Waals surface area contributed by atoms with Crippen LogP contribution in [0.1, 0.15) is 17.2 Å². The molecular formula is C17H15N5O. The summed E-state index contributed by atoms with van der Waals surface area (Å²) in [6, 6.07) is 18.0. The van der Waals surface area contributed by atoms with Crippen LogP contribution in [0.5, 0.6) is 5.75 Å². The van der Waals surface area contributed by atoms with Crippen molar-refractivity contribution < 1.29 is 4.74 Å². The number of rotatable bonds is 3. The van der Waals surface area contributed by atoms with Crippen LogP contribution < -0.4 is 10.1 Å². The van der Waals surface area contributed by atoms with Gasteiger partial charge in [0, 0.05) is 5.70 Å². The first-order valence-electron chi connectivity index (χ1n) is 7.31. The molecule has 0 fully saturated rings. The number of hydrogen-bond acceptors (Lipinski definition) is 5. The molecule has 2 heterocycles. The molecule has 6 nitrogen and oxygen atoms in total. The van der Waals surface area contributed by atoms with Gasteiger partial charge in [-0.2, -0.15) is 4.68 Å². The zero-order chi connectivity index (χ0) is 15.6. The summed E-state index contributed by atoms with van der Waals surface area (Å²) in [4.78, 5) is 0. The van der Waals surface area contributed by atoms with Gasteiger partial charge in [0.25, 0.3) is 0 Å². The van der Waals surface area contributed by atoms with Crippen LogP contribution in [0.4, 0.5) is 5.95 Å². The van der Waals surface area contributed by atoms with Crippen LogP contribution >= 0.6 is 0 Å². The molecule has 114 valence electrons. The highest BCUT2D eigenvalue weighted by molar-refractivity contribution is 5.76. The number of benzene rings is 2. The molecule has 1 aliphatic heterocycles. The first-order chi connectivity index (χ1) is 11.3. The van der Waals surface area contributed by atoms with E-state index in [9.17, 15) is 0 Å². The molecule has 23 heavy (non-hydrogen) atoms. The summed E-state index contributed by atoms with van der Waals surface area (Å²) < 4.78 is 7.00. The number of anilines is 1. The van der Waals surface area contributed by atoms with E-state index in [0.29, 0.717) is 5.95 Å². The molecule has 0 saturated heterocycles. The van der Waals surface area contributed by atoms with E-state index in [4.69, 9.17) is 4.74 Å². The molecule has 1 aliphatic rings. The number of methoxy groups -OCH3 is 1. The molecule has 0 radical (unpaired) electrons. The van der Waals surface area contributed by atoms with Crippen molar-refractivity contribution in [1.29, 1.82) is 0 Å². The van der Waals surface area contributed by atoms with E-state index in [1.54, 1.807) is 11.8 Å². The van der Waals surface area contributed by atoms with Crippen molar-refractivity contribution in [2.24, 2.45) is 0 Å². The zero-order valence-corrected chi connectivity index (χ0v) is 12.5. The first-order valence-corrected chi connectivity index (χ1v) is 7.31. The van der Waals surface area contributed by atoms with Crippen molar-refractivity contribution in [2.75, 3.05) is 12.4 Å². The standard InChI is InChI=1S/C17H15N5O/c1-23-14-9-7-13(8-10-14)16-11-15(12-5-3-2-4-6-12)18-17-19-20-21-22(16)17/h2-11,16H,1H3,(H,18,19,21)/t16-/m1/s1. The summed E-state index contributed by atoms with van der Waals surface area (Å²) in [5, 5.41) is 15.2. The van der Waals surface area contributed by atoms with Crippen molar-refractivity contribution in [3.8, 4) is 5.75 Å². The lowest BCUT2D eigenvalue weighted by atomic mass is 10.0. The highest BCUT2D eigenvalue weighted by Gasteiger charge is 2.24. The lowest BCUT2D eigenvalue weighted by Crippen LogP contribution is -2.20. The number of allylic oxidation sites excluding steroid dienone is 1. The number of nitrogens with zero attached hydrogens (tertiary/aromatic N) is 4. The summed E-state index contributed by atoms with van der Waals surface area (Å²) in [5.41, 5.74) is 3.18. The van der Waals surface area contributed by atoms with Crippen LogP contribution in [0.25, 0.3) is 5.70 Å². The lowest BCUT2D eigenvalue weighted by molar-refractivity contribution is 0.414. The minimum absolute atomic E-state index is 0.0673. The average Bonchev–Trinajstić information content (AvgIpc) is 3.10. The van der Waals surface area contributed by atoms with Crippen LogP contribution in [0.3, 0.4) is 0 Å². The van der Waals surface area contributed by atoms with Crippen molar-refractivity contribution in [1.82, 2.24) is 20.2 Å². The van der Waals surface area contributed by atoms with Gasteiger partial charge in [-0.1, -0.05) is 47.6 Å². The molecule has 0 unspecified atom stereocenters. The van der Waals surface area contributed by atoms with Gasteiger partial charge >= 0.3 is 0 Å². The maximum Gasteiger partial charge on any atom is 0.248 e. The van der Waals surface area contributed by atoms with Gasteiger partial charge in [-0.15, -0.1) is 0 Å². The summed E-state index contributed by atoms with van der Waals surface area (Å²) in [6.45, 7) is 0. The van der Waals surface area contributed by atoms with Crippen LogP contribution in [0.2, 0.25) is 0 Å². The van der Waals surface area contributed by atoms with Crippen molar-refractivity contribution in [3.05, 3.63) is 71.8 Å². The van der Waals surface area contributed by atoms with E-state index in [-0.39, 0.29) is 6.04 Å². The predicted molar refractivity (Wildman–Crippen MR) is 87.0 cm³/mol. The van der Waals surface area contributed by atoms with Gasteiger partial charge in [0.15, 0.2) is 0 Å². The fourth-order valence-electron chi connectivity index (χ4n) is 2.68. The minimum Gasteiger partial charge on any atom is -0.497 e. The number of tetrazole rings is 1. The van der Waals surface area contributed by atoms with Gasteiger partial charge in [-0.25, -0.2) is 0 Å². The summed E-state index contributed by atoms with van der Waals surface area (Å²) in [7, 11) is 1.66. The van der Waals surface area contributed by atoms with Crippen LogP contribution in [-0.2, 0) is 0 Å². The molecule has 0 saturated carbocycles. The van der Waals surface area contributed by atoms with Crippen LogP contribution in [0, 0.1) is 0 Å². The molecular weight excluding hydrogens is 290 g/mol. The Balaban J connectivity index is 1.78. The second kappa shape index (κ2) is 5.57. The quantitative estimate of drug-likeness (QED) is 0.806. The maximum atomic E-state index is 5.23. The molecule has 1 aromatic heterocycles. The predicted octanol–water partition coefficient (Wildman–Crippen LogP) is 2.74. The molecule has 6 heteroatoms. The SMILES string of the molecule is COc1ccc([C@H]2C=C(c3ccccc3)Nc3nnnn32)cc1. The van der Waals surface area contributed by atoms with Gasteiger partial charge in [-0.05, 0) is 39.8 Å². The normalized spacial score (nSPS) is 16.2. The van der Waals surface area contributed by atoms with Gasteiger partial charge in [0.2, 0.25) is 5.95 Å². The Morgan fingerprint density at radius 3 is 2.57 bits per heavy atom. The van der Waals surface area contributed by atoms with Crippen molar-refractivity contribution >= 4 is 11.6 Å². The third kappa shape index (κ3) is 2.44. The van der Waals surface area contributed by atoms with E-state index < -0.39 is 0 Å². The maximum absolute atomic E-state index is 5.23. The van der Waals surface area contributed by atoms with Gasteiger partial charge < -0.3 is 10.1 Å². The smallest absolute Gasteiger partial charge is 0.248 e. The molecule has 0 aliphatic carbocycles. The number of ether oxygens (including phenoxy) is 1. The molecule has 0 bridgehead atoms. The monoisotopic (exact) mass is 305 g/mol. The Bertz CT molecular complexity index is 839. The van der Waals surface area contributed by atoms with Gasteiger partial charge in [0.05, 0.1) is 7.11 Å².